The molecular formula is C30H36N8. The second-order valence-electron chi connectivity index (χ2n) is 10.9. The molecule has 6 rings (SSSR count). The molecule has 196 valence electrons. The van der Waals surface area contributed by atoms with Gasteiger partial charge in [0.25, 0.3) is 0 Å². The predicted molar refractivity (Wildman–Crippen MR) is 151 cm³/mol. The fourth-order valence-electron chi connectivity index (χ4n) is 5.25. The molecule has 4 aromatic heterocycles. The third-order valence-electron chi connectivity index (χ3n) is 7.92. The van der Waals surface area contributed by atoms with Gasteiger partial charge in [-0.2, -0.15) is 0 Å². The molecular weight excluding hydrogens is 472 g/mol. The number of aromatic nitrogens is 6. The Morgan fingerprint density at radius 2 is 1.97 bits per heavy atom. The molecule has 2 unspecified atom stereocenters. The molecule has 0 amide bonds. The second-order valence-corrected chi connectivity index (χ2v) is 10.9. The van der Waals surface area contributed by atoms with Crippen molar-refractivity contribution in [3.05, 3.63) is 84.7 Å². The summed E-state index contributed by atoms with van der Waals surface area (Å²) in [5, 5.41) is 12.4. The average Bonchev–Trinajstić information content (AvgIpc) is 3.53. The Balaban J connectivity index is 1.10. The molecule has 0 saturated heterocycles. The molecule has 0 bridgehead atoms. The van der Waals surface area contributed by atoms with Crippen LogP contribution in [0.3, 0.4) is 0 Å². The number of anilines is 1. The van der Waals surface area contributed by atoms with E-state index in [4.69, 9.17) is 4.98 Å². The summed E-state index contributed by atoms with van der Waals surface area (Å²) >= 11 is 0. The summed E-state index contributed by atoms with van der Waals surface area (Å²) in [7, 11) is 2.12. The monoisotopic (exact) mass is 508 g/mol. The van der Waals surface area contributed by atoms with E-state index in [1.165, 1.54) is 24.8 Å². The molecule has 2 atom stereocenters. The quantitative estimate of drug-likeness (QED) is 0.334. The summed E-state index contributed by atoms with van der Waals surface area (Å²) in [6.45, 7) is 5.78. The van der Waals surface area contributed by atoms with Crippen molar-refractivity contribution in [2.45, 2.75) is 39.3 Å². The first-order valence-corrected chi connectivity index (χ1v) is 13.7. The van der Waals surface area contributed by atoms with Gasteiger partial charge in [0, 0.05) is 50.2 Å². The zero-order chi connectivity index (χ0) is 25.9. The van der Waals surface area contributed by atoms with Crippen molar-refractivity contribution in [3.63, 3.8) is 0 Å². The van der Waals surface area contributed by atoms with Crippen molar-refractivity contribution in [2.24, 2.45) is 17.8 Å². The van der Waals surface area contributed by atoms with Crippen LogP contribution in [0, 0.1) is 17.8 Å². The van der Waals surface area contributed by atoms with Crippen LogP contribution in [-0.4, -0.2) is 49.5 Å². The summed E-state index contributed by atoms with van der Waals surface area (Å²) in [6, 6.07) is 6.39. The van der Waals surface area contributed by atoms with Crippen LogP contribution >= 0.6 is 0 Å². The van der Waals surface area contributed by atoms with Crippen molar-refractivity contribution in [2.75, 3.05) is 25.0 Å². The summed E-state index contributed by atoms with van der Waals surface area (Å²) in [5.74, 6) is 1.88. The highest BCUT2D eigenvalue weighted by atomic mass is 15.4. The number of nitrogens with zero attached hydrogens (tertiary/aromatic N) is 7. The number of rotatable bonds is 10. The minimum atomic E-state index is 0.486. The minimum Gasteiger partial charge on any atom is -0.373 e. The van der Waals surface area contributed by atoms with E-state index in [0.29, 0.717) is 18.4 Å². The zero-order valence-electron chi connectivity index (χ0n) is 22.2. The van der Waals surface area contributed by atoms with Gasteiger partial charge in [0.1, 0.15) is 11.3 Å². The number of imidazole rings is 1. The maximum Gasteiger partial charge on any atom is 0.137 e. The van der Waals surface area contributed by atoms with Gasteiger partial charge in [-0.15, -0.1) is 5.10 Å². The summed E-state index contributed by atoms with van der Waals surface area (Å²) < 4.78 is 3.95. The number of hydrogen-bond acceptors (Lipinski definition) is 6. The van der Waals surface area contributed by atoms with E-state index in [-0.39, 0.29) is 0 Å². The van der Waals surface area contributed by atoms with E-state index >= 15 is 0 Å². The maximum absolute atomic E-state index is 4.79. The van der Waals surface area contributed by atoms with E-state index in [1.54, 1.807) is 0 Å². The topological polar surface area (TPSA) is 76.2 Å². The van der Waals surface area contributed by atoms with Gasteiger partial charge >= 0.3 is 0 Å². The van der Waals surface area contributed by atoms with Crippen LogP contribution in [0.5, 0.6) is 0 Å². The van der Waals surface area contributed by atoms with Crippen LogP contribution in [0.4, 0.5) is 5.69 Å². The van der Waals surface area contributed by atoms with Crippen LogP contribution in [0.2, 0.25) is 0 Å². The Bertz CT molecular complexity index is 1440. The Kier molecular flexibility index (Phi) is 7.05. The molecule has 38 heavy (non-hydrogen) atoms. The molecule has 0 aromatic carbocycles. The lowest BCUT2D eigenvalue weighted by Crippen LogP contribution is -2.28. The molecule has 0 spiro atoms. The van der Waals surface area contributed by atoms with Crippen LogP contribution in [0.15, 0.2) is 73.5 Å². The third kappa shape index (κ3) is 5.55. The lowest BCUT2D eigenvalue weighted by atomic mass is 9.85. The molecule has 1 N–H and O–H groups in total. The van der Waals surface area contributed by atoms with Gasteiger partial charge in [-0.3, -0.25) is 4.98 Å². The number of pyridine rings is 2. The highest BCUT2D eigenvalue weighted by Crippen LogP contribution is 2.26. The first kappa shape index (κ1) is 24.6. The van der Waals surface area contributed by atoms with Crippen molar-refractivity contribution < 1.29 is 0 Å². The second kappa shape index (κ2) is 10.9. The van der Waals surface area contributed by atoms with Crippen LogP contribution in [-0.2, 0) is 13.1 Å². The molecule has 1 saturated carbocycles. The van der Waals surface area contributed by atoms with Gasteiger partial charge < -0.3 is 14.6 Å². The number of allylic oxidation sites excluding steroid dienone is 3. The van der Waals surface area contributed by atoms with Crippen molar-refractivity contribution in [1.82, 2.24) is 34.7 Å². The number of hydrogen-bond donors (Lipinski definition) is 1. The number of nitrogens with one attached hydrogen (secondary N) is 1. The van der Waals surface area contributed by atoms with Gasteiger partial charge in [-0.05, 0) is 48.9 Å². The molecule has 4 heterocycles. The normalized spacial score (nSPS) is 19.2. The molecule has 8 nitrogen and oxygen atoms in total. The number of fused-ring (bicyclic) bond motifs is 1. The van der Waals surface area contributed by atoms with E-state index in [0.717, 1.165) is 53.8 Å². The fraction of sp³-hybridized carbons (Fsp3) is 0.400. The minimum absolute atomic E-state index is 0.486. The molecule has 1 fully saturated rings. The molecule has 2 aliphatic carbocycles. The summed E-state index contributed by atoms with van der Waals surface area (Å²) in [5.41, 5.74) is 6.01. The van der Waals surface area contributed by atoms with Crippen molar-refractivity contribution in [1.29, 1.82) is 0 Å². The first-order valence-electron chi connectivity index (χ1n) is 13.7. The van der Waals surface area contributed by atoms with Gasteiger partial charge in [-0.25, -0.2) is 9.67 Å². The average molecular weight is 509 g/mol. The molecule has 0 radical (unpaired) electrons. The molecule has 8 heteroatoms. The van der Waals surface area contributed by atoms with Crippen LogP contribution in [0.1, 0.15) is 37.4 Å². The van der Waals surface area contributed by atoms with E-state index in [9.17, 15) is 0 Å². The van der Waals surface area contributed by atoms with Gasteiger partial charge in [0.05, 0.1) is 30.3 Å². The summed E-state index contributed by atoms with van der Waals surface area (Å²) in [4.78, 5) is 11.5. The molecule has 0 aliphatic heterocycles. The first-order chi connectivity index (χ1) is 18.6. The van der Waals surface area contributed by atoms with Crippen LogP contribution < -0.4 is 10.2 Å². The van der Waals surface area contributed by atoms with Crippen molar-refractivity contribution >= 4 is 11.3 Å². The zero-order valence-corrected chi connectivity index (χ0v) is 22.2. The van der Waals surface area contributed by atoms with Crippen LogP contribution in [0.25, 0.3) is 16.9 Å². The third-order valence-corrected chi connectivity index (χ3v) is 7.92. The Hall–Kier alpha value is -3.78. The van der Waals surface area contributed by atoms with E-state index in [2.05, 4.69) is 98.8 Å². The highest BCUT2D eigenvalue weighted by molar-refractivity contribution is 5.63. The lowest BCUT2D eigenvalue weighted by Gasteiger charge is -2.27. The fourth-order valence-corrected chi connectivity index (χ4v) is 5.25. The Labute approximate surface area is 224 Å². The highest BCUT2D eigenvalue weighted by Gasteiger charge is 2.18. The largest absolute Gasteiger partial charge is 0.373 e. The summed E-state index contributed by atoms with van der Waals surface area (Å²) in [6.07, 6.45) is 22.9. The lowest BCUT2D eigenvalue weighted by molar-refractivity contribution is 0.301. The predicted octanol–water partition coefficient (Wildman–Crippen LogP) is 4.74. The van der Waals surface area contributed by atoms with Gasteiger partial charge in [0.2, 0.25) is 0 Å². The van der Waals surface area contributed by atoms with E-state index < -0.39 is 0 Å². The smallest absolute Gasteiger partial charge is 0.137 e. The SMILES string of the molecule is CC1C=CC=CC1CN(C)c1cncc(-c2cn(Cc3cn4cc(CNCC5CCC5)ccc4n3)nn2)c1. The standard InChI is InChI=1S/C30H36N8/c1-22-6-3-4-9-25(22)18-36(2)28-12-26(15-32-16-28)29-21-38(35-34-29)20-27-19-37-17-24(10-11-30(37)33-27)14-31-13-23-7-5-8-23/h3-4,6,9-12,15-17,19,21-23,25,31H,5,7-8,13-14,18,20H2,1-2H3. The molecule has 2 aliphatic rings. The van der Waals surface area contributed by atoms with Gasteiger partial charge in [0.15, 0.2) is 0 Å². The van der Waals surface area contributed by atoms with Gasteiger partial charge in [-0.1, -0.05) is 48.9 Å². The maximum atomic E-state index is 4.79. The Morgan fingerprint density at radius 1 is 1.08 bits per heavy atom. The molecule has 4 aromatic rings. The Morgan fingerprint density at radius 3 is 2.82 bits per heavy atom. The van der Waals surface area contributed by atoms with E-state index in [1.807, 2.05) is 23.3 Å². The van der Waals surface area contributed by atoms with Crippen molar-refractivity contribution in [3.8, 4) is 11.3 Å².